The Balaban J connectivity index is 1.87. The molecule has 1 aromatic carbocycles. The molecule has 1 aliphatic rings. The summed E-state index contributed by atoms with van der Waals surface area (Å²) >= 11 is 0. The maximum Gasteiger partial charge on any atom is 0.523 e. The summed E-state index contributed by atoms with van der Waals surface area (Å²) in [5.74, 6) is -0.362. The first-order valence-electron chi connectivity index (χ1n) is 6.71. The molecule has 1 atom stereocenters. The van der Waals surface area contributed by atoms with Crippen LogP contribution < -0.4 is 0 Å². The highest BCUT2D eigenvalue weighted by atomic mass is 32.2. The topological polar surface area (TPSA) is 55.8 Å². The molecule has 1 aromatic rings. The van der Waals surface area contributed by atoms with Gasteiger partial charge >= 0.3 is 15.6 Å². The normalized spacial score (nSPS) is 20.6. The first kappa shape index (κ1) is 18.1. The van der Waals surface area contributed by atoms with Gasteiger partial charge in [-0.3, -0.25) is 9.08 Å². The van der Waals surface area contributed by atoms with E-state index in [0.29, 0.717) is 13.1 Å². The minimum atomic E-state index is -5.62. The number of alkyl halides is 3. The molecular weight excluding hydrogens is 342 g/mol. The van der Waals surface area contributed by atoms with E-state index in [-0.39, 0.29) is 19.0 Å². The van der Waals surface area contributed by atoms with Gasteiger partial charge in [-0.25, -0.2) is 4.39 Å². The van der Waals surface area contributed by atoms with Gasteiger partial charge in [-0.1, -0.05) is 12.1 Å². The standard InChI is InChI=1S/C13H15F4NO4S/c14-11-3-1-10(2-4-11)7-18-5-6-21-12(8-18)9-22-23(19,20)13(15,16)17/h1-4,12H,5-9H2/t12-/m0/s1. The van der Waals surface area contributed by atoms with Crippen LogP contribution in [0.5, 0.6) is 0 Å². The Kier molecular flexibility index (Phi) is 5.61. The van der Waals surface area contributed by atoms with Crippen molar-refractivity contribution in [3.05, 3.63) is 35.6 Å². The largest absolute Gasteiger partial charge is 0.523 e. The molecule has 0 aromatic heterocycles. The maximum absolute atomic E-state index is 12.8. The molecule has 1 heterocycles. The van der Waals surface area contributed by atoms with Crippen molar-refractivity contribution in [1.29, 1.82) is 0 Å². The monoisotopic (exact) mass is 357 g/mol. The Labute approximate surface area is 130 Å². The van der Waals surface area contributed by atoms with Crippen molar-refractivity contribution in [3.63, 3.8) is 0 Å². The van der Waals surface area contributed by atoms with Crippen molar-refractivity contribution in [2.45, 2.75) is 18.2 Å². The summed E-state index contributed by atoms with van der Waals surface area (Å²) in [7, 11) is -5.62. The minimum absolute atomic E-state index is 0.213. The smallest absolute Gasteiger partial charge is 0.373 e. The molecule has 0 bridgehead atoms. The summed E-state index contributed by atoms with van der Waals surface area (Å²) in [5.41, 5.74) is -4.62. The third-order valence-corrected chi connectivity index (χ3v) is 4.25. The van der Waals surface area contributed by atoms with Crippen molar-refractivity contribution in [2.75, 3.05) is 26.3 Å². The van der Waals surface area contributed by atoms with Gasteiger partial charge in [0.15, 0.2) is 0 Å². The van der Waals surface area contributed by atoms with E-state index in [1.165, 1.54) is 12.1 Å². The molecule has 0 spiro atoms. The zero-order chi connectivity index (χ0) is 17.1. The third-order valence-electron chi connectivity index (χ3n) is 3.23. The number of halogens is 4. The molecule has 0 radical (unpaired) electrons. The number of nitrogens with zero attached hydrogens (tertiary/aromatic N) is 1. The summed E-state index contributed by atoms with van der Waals surface area (Å²) in [6.07, 6.45) is -0.790. The molecule has 0 saturated carbocycles. The molecule has 10 heteroatoms. The summed E-state index contributed by atoms with van der Waals surface area (Å²) in [4.78, 5) is 1.87. The van der Waals surface area contributed by atoms with Crippen LogP contribution in [0.3, 0.4) is 0 Å². The zero-order valence-corrected chi connectivity index (χ0v) is 12.7. The van der Waals surface area contributed by atoms with E-state index in [0.717, 1.165) is 5.56 Å². The molecule has 0 amide bonds. The molecule has 5 nitrogen and oxygen atoms in total. The lowest BCUT2D eigenvalue weighted by Gasteiger charge is -2.32. The van der Waals surface area contributed by atoms with Gasteiger partial charge in [0, 0.05) is 19.6 Å². The van der Waals surface area contributed by atoms with Crippen LogP contribution >= 0.6 is 0 Å². The van der Waals surface area contributed by atoms with Crippen LogP contribution in [-0.2, 0) is 25.6 Å². The highest BCUT2D eigenvalue weighted by molar-refractivity contribution is 7.87. The van der Waals surface area contributed by atoms with E-state index >= 15 is 0 Å². The van der Waals surface area contributed by atoms with E-state index in [4.69, 9.17) is 4.74 Å². The first-order chi connectivity index (χ1) is 10.7. The molecule has 1 fully saturated rings. The predicted octanol–water partition coefficient (Wildman–Crippen LogP) is 1.89. The highest BCUT2D eigenvalue weighted by Crippen LogP contribution is 2.25. The van der Waals surface area contributed by atoms with E-state index in [1.807, 2.05) is 4.90 Å². The van der Waals surface area contributed by atoms with Crippen LogP contribution in [0.15, 0.2) is 24.3 Å². The fraction of sp³-hybridized carbons (Fsp3) is 0.538. The van der Waals surface area contributed by atoms with Gasteiger partial charge in [0.25, 0.3) is 0 Å². The molecular formula is C13H15F4NO4S. The summed E-state index contributed by atoms with van der Waals surface area (Å²) in [6.45, 7) is 0.722. The first-order valence-corrected chi connectivity index (χ1v) is 8.12. The van der Waals surface area contributed by atoms with Crippen molar-refractivity contribution in [1.82, 2.24) is 4.90 Å². The zero-order valence-electron chi connectivity index (χ0n) is 11.9. The second-order valence-corrected chi connectivity index (χ2v) is 6.65. The quantitative estimate of drug-likeness (QED) is 0.458. The number of benzene rings is 1. The van der Waals surface area contributed by atoms with Gasteiger partial charge < -0.3 is 4.74 Å². The van der Waals surface area contributed by atoms with Crippen molar-refractivity contribution in [3.8, 4) is 0 Å². The lowest BCUT2D eigenvalue weighted by atomic mass is 10.2. The Hall–Kier alpha value is -1.23. The molecule has 0 N–H and O–H groups in total. The van der Waals surface area contributed by atoms with Crippen molar-refractivity contribution < 1.29 is 34.9 Å². The summed E-state index contributed by atoms with van der Waals surface area (Å²) in [6, 6.07) is 5.83. The molecule has 130 valence electrons. The number of morpholine rings is 1. The molecule has 2 rings (SSSR count). The molecule has 23 heavy (non-hydrogen) atoms. The van der Waals surface area contributed by atoms with Crippen LogP contribution in [0, 0.1) is 5.82 Å². The predicted molar refractivity (Wildman–Crippen MR) is 72.3 cm³/mol. The Morgan fingerprint density at radius 1 is 1.26 bits per heavy atom. The van der Waals surface area contributed by atoms with Crippen molar-refractivity contribution >= 4 is 10.1 Å². The number of hydrogen-bond donors (Lipinski definition) is 0. The van der Waals surface area contributed by atoms with Gasteiger partial charge in [-0.15, -0.1) is 0 Å². The van der Waals surface area contributed by atoms with Gasteiger partial charge in [0.1, 0.15) is 5.82 Å². The van der Waals surface area contributed by atoms with Gasteiger partial charge in [0.05, 0.1) is 19.3 Å². The summed E-state index contributed by atoms with van der Waals surface area (Å²) < 4.78 is 80.3. The Morgan fingerprint density at radius 2 is 1.91 bits per heavy atom. The lowest BCUT2D eigenvalue weighted by Crippen LogP contribution is -2.44. The van der Waals surface area contributed by atoms with Gasteiger partial charge in [-0.2, -0.15) is 21.6 Å². The Morgan fingerprint density at radius 3 is 2.52 bits per heavy atom. The molecule has 0 aliphatic carbocycles. The third kappa shape index (κ3) is 5.13. The molecule has 0 unspecified atom stereocenters. The van der Waals surface area contributed by atoms with Crippen LogP contribution in [0.4, 0.5) is 17.6 Å². The van der Waals surface area contributed by atoms with Crippen LogP contribution in [-0.4, -0.2) is 51.2 Å². The fourth-order valence-corrected chi connectivity index (χ4v) is 2.57. The molecule has 1 aliphatic heterocycles. The number of hydrogen-bond acceptors (Lipinski definition) is 5. The fourth-order valence-electron chi connectivity index (χ4n) is 2.11. The van der Waals surface area contributed by atoms with Crippen LogP contribution in [0.25, 0.3) is 0 Å². The van der Waals surface area contributed by atoms with E-state index in [1.54, 1.807) is 12.1 Å². The average molecular weight is 357 g/mol. The van der Waals surface area contributed by atoms with E-state index in [9.17, 15) is 26.0 Å². The maximum atomic E-state index is 12.8. The number of rotatable bonds is 5. The lowest BCUT2D eigenvalue weighted by molar-refractivity contribution is -0.0701. The number of ether oxygens (including phenoxy) is 1. The van der Waals surface area contributed by atoms with E-state index in [2.05, 4.69) is 4.18 Å². The average Bonchev–Trinajstić information content (AvgIpc) is 2.47. The highest BCUT2D eigenvalue weighted by Gasteiger charge is 2.47. The van der Waals surface area contributed by atoms with Gasteiger partial charge in [-0.05, 0) is 17.7 Å². The second-order valence-electron chi connectivity index (χ2n) is 5.04. The summed E-state index contributed by atoms with van der Waals surface area (Å²) in [5, 5.41) is 0. The Bertz CT molecular complexity index is 618. The van der Waals surface area contributed by atoms with Crippen molar-refractivity contribution in [2.24, 2.45) is 0 Å². The SMILES string of the molecule is O=S(=O)(OC[C@@H]1CN(Cc2ccc(F)cc2)CCO1)C(F)(F)F. The second kappa shape index (κ2) is 7.12. The van der Waals surface area contributed by atoms with E-state index < -0.39 is 28.3 Å². The van der Waals surface area contributed by atoms with Gasteiger partial charge in [0.2, 0.25) is 0 Å². The van der Waals surface area contributed by atoms with Crippen LogP contribution in [0.1, 0.15) is 5.56 Å². The minimum Gasteiger partial charge on any atom is -0.373 e. The molecule has 1 saturated heterocycles. The van der Waals surface area contributed by atoms with Crippen LogP contribution in [0.2, 0.25) is 0 Å².